The van der Waals surface area contributed by atoms with Gasteiger partial charge in [0.25, 0.3) is 0 Å². The molecular formula is C22H29NO2. The highest BCUT2D eigenvalue weighted by Crippen LogP contribution is 2.26. The molecule has 0 aromatic heterocycles. The van der Waals surface area contributed by atoms with E-state index >= 15 is 0 Å². The van der Waals surface area contributed by atoms with E-state index < -0.39 is 6.10 Å². The molecule has 25 heavy (non-hydrogen) atoms. The number of unbranched alkanes of at least 4 members (excludes halogenated alkanes) is 2. The zero-order valence-corrected chi connectivity index (χ0v) is 15.1. The van der Waals surface area contributed by atoms with Gasteiger partial charge in [-0.2, -0.15) is 0 Å². The van der Waals surface area contributed by atoms with Crippen LogP contribution in [-0.4, -0.2) is 17.8 Å². The van der Waals surface area contributed by atoms with E-state index in [-0.39, 0.29) is 0 Å². The molecule has 0 saturated heterocycles. The molecular weight excluding hydrogens is 310 g/mol. The summed E-state index contributed by atoms with van der Waals surface area (Å²) >= 11 is 0. The Bertz CT molecular complexity index is 671. The molecule has 0 fully saturated rings. The molecule has 2 aromatic rings. The maximum Gasteiger partial charge on any atom is 0.119 e. The maximum absolute atomic E-state index is 10.3. The van der Waals surface area contributed by atoms with Crippen LogP contribution in [0.3, 0.4) is 0 Å². The molecule has 0 saturated carbocycles. The third kappa shape index (κ3) is 4.99. The van der Waals surface area contributed by atoms with Crippen LogP contribution in [-0.2, 0) is 6.42 Å². The van der Waals surface area contributed by atoms with Crippen LogP contribution in [0.25, 0.3) is 0 Å². The summed E-state index contributed by atoms with van der Waals surface area (Å²) in [6.45, 7) is 2.82. The molecule has 3 rings (SSSR count). The second kappa shape index (κ2) is 8.91. The number of fused-ring (bicyclic) bond motifs is 1. The lowest BCUT2D eigenvalue weighted by atomic mass is 9.98. The standard InChI is InChI=1S/C22H29NO2/c1-2-3-4-12-22(24)18-9-7-10-20(15-18)25-16-19-14-13-17-8-5-6-11-21(17)23-19/h5-11,15,19,22-24H,2-4,12-14,16H2,1H3. The highest BCUT2D eigenvalue weighted by molar-refractivity contribution is 5.53. The lowest BCUT2D eigenvalue weighted by Gasteiger charge is -2.27. The van der Waals surface area contributed by atoms with Gasteiger partial charge in [0.05, 0.1) is 12.1 Å². The topological polar surface area (TPSA) is 41.5 Å². The molecule has 2 unspecified atom stereocenters. The van der Waals surface area contributed by atoms with Gasteiger partial charge in [0, 0.05) is 5.69 Å². The monoisotopic (exact) mass is 339 g/mol. The SMILES string of the molecule is CCCCCC(O)c1cccc(OCC2CCc3ccccc3N2)c1. The fourth-order valence-electron chi connectivity index (χ4n) is 3.39. The van der Waals surface area contributed by atoms with Crippen molar-refractivity contribution in [2.75, 3.05) is 11.9 Å². The van der Waals surface area contributed by atoms with Crippen LogP contribution < -0.4 is 10.1 Å². The van der Waals surface area contributed by atoms with Crippen molar-refractivity contribution in [3.63, 3.8) is 0 Å². The van der Waals surface area contributed by atoms with E-state index in [0.717, 1.165) is 37.0 Å². The van der Waals surface area contributed by atoms with Crippen molar-refractivity contribution >= 4 is 5.69 Å². The number of hydrogen-bond acceptors (Lipinski definition) is 3. The molecule has 0 aliphatic carbocycles. The Labute approximate surface area is 151 Å². The lowest BCUT2D eigenvalue weighted by Crippen LogP contribution is -2.31. The predicted octanol–water partition coefficient (Wildman–Crippen LogP) is 5.11. The first-order valence-corrected chi connectivity index (χ1v) is 9.51. The van der Waals surface area contributed by atoms with Crippen LogP contribution in [0.2, 0.25) is 0 Å². The Morgan fingerprint density at radius 2 is 2.04 bits per heavy atom. The van der Waals surface area contributed by atoms with E-state index in [9.17, 15) is 5.11 Å². The summed E-state index contributed by atoms with van der Waals surface area (Å²) in [6.07, 6.45) is 6.00. The van der Waals surface area contributed by atoms with Crippen LogP contribution in [0.4, 0.5) is 5.69 Å². The smallest absolute Gasteiger partial charge is 0.119 e. The number of benzene rings is 2. The van der Waals surface area contributed by atoms with Crippen molar-refractivity contribution in [1.29, 1.82) is 0 Å². The molecule has 2 N–H and O–H groups in total. The largest absolute Gasteiger partial charge is 0.491 e. The van der Waals surface area contributed by atoms with E-state index in [0.29, 0.717) is 12.6 Å². The average Bonchev–Trinajstić information content (AvgIpc) is 2.66. The summed E-state index contributed by atoms with van der Waals surface area (Å²) in [5.41, 5.74) is 3.56. The van der Waals surface area contributed by atoms with Gasteiger partial charge in [-0.25, -0.2) is 0 Å². The number of para-hydroxylation sites is 1. The van der Waals surface area contributed by atoms with Gasteiger partial charge in [-0.05, 0) is 48.6 Å². The van der Waals surface area contributed by atoms with Crippen LogP contribution >= 0.6 is 0 Å². The zero-order chi connectivity index (χ0) is 17.5. The zero-order valence-electron chi connectivity index (χ0n) is 15.1. The number of anilines is 1. The maximum atomic E-state index is 10.3. The molecule has 0 amide bonds. The van der Waals surface area contributed by atoms with Crippen molar-refractivity contribution < 1.29 is 9.84 Å². The number of rotatable bonds is 8. The molecule has 134 valence electrons. The van der Waals surface area contributed by atoms with Crippen molar-refractivity contribution in [3.8, 4) is 5.75 Å². The first kappa shape index (κ1) is 17.8. The van der Waals surface area contributed by atoms with Gasteiger partial charge in [-0.15, -0.1) is 0 Å². The van der Waals surface area contributed by atoms with E-state index in [1.165, 1.54) is 24.1 Å². The first-order valence-electron chi connectivity index (χ1n) is 9.51. The van der Waals surface area contributed by atoms with E-state index in [2.05, 4.69) is 36.5 Å². The third-order valence-electron chi connectivity index (χ3n) is 4.91. The summed E-state index contributed by atoms with van der Waals surface area (Å²) in [4.78, 5) is 0. The Balaban J connectivity index is 1.53. The van der Waals surface area contributed by atoms with Crippen molar-refractivity contribution in [3.05, 3.63) is 59.7 Å². The van der Waals surface area contributed by atoms with Crippen LogP contribution in [0.5, 0.6) is 5.75 Å². The number of aliphatic hydroxyl groups is 1. The quantitative estimate of drug-likeness (QED) is 0.657. The Morgan fingerprint density at radius 1 is 1.16 bits per heavy atom. The Kier molecular flexibility index (Phi) is 6.35. The number of ether oxygens (including phenoxy) is 1. The minimum absolute atomic E-state index is 0.327. The predicted molar refractivity (Wildman–Crippen MR) is 103 cm³/mol. The minimum Gasteiger partial charge on any atom is -0.491 e. The number of aryl methyl sites for hydroxylation is 1. The second-order valence-corrected chi connectivity index (χ2v) is 6.93. The fourth-order valence-corrected chi connectivity index (χ4v) is 3.39. The van der Waals surface area contributed by atoms with Gasteiger partial charge >= 0.3 is 0 Å². The Hall–Kier alpha value is -2.00. The number of nitrogens with one attached hydrogen (secondary N) is 1. The molecule has 2 atom stereocenters. The van der Waals surface area contributed by atoms with Gasteiger partial charge in [-0.1, -0.05) is 56.5 Å². The second-order valence-electron chi connectivity index (χ2n) is 6.93. The number of hydrogen-bond donors (Lipinski definition) is 2. The fraction of sp³-hybridized carbons (Fsp3) is 0.455. The van der Waals surface area contributed by atoms with E-state index in [1.54, 1.807) is 0 Å². The van der Waals surface area contributed by atoms with Crippen LogP contribution in [0.15, 0.2) is 48.5 Å². The van der Waals surface area contributed by atoms with Gasteiger partial charge < -0.3 is 15.2 Å². The van der Waals surface area contributed by atoms with Gasteiger partial charge in [0.2, 0.25) is 0 Å². The van der Waals surface area contributed by atoms with Crippen molar-refractivity contribution in [1.82, 2.24) is 0 Å². The van der Waals surface area contributed by atoms with Crippen LogP contribution in [0, 0.1) is 0 Å². The molecule has 2 aromatic carbocycles. The summed E-state index contributed by atoms with van der Waals surface area (Å²) in [7, 11) is 0. The third-order valence-corrected chi connectivity index (χ3v) is 4.91. The molecule has 1 heterocycles. The van der Waals surface area contributed by atoms with Gasteiger partial charge in [-0.3, -0.25) is 0 Å². The molecule has 3 heteroatoms. The van der Waals surface area contributed by atoms with Gasteiger partial charge in [0.15, 0.2) is 0 Å². The summed E-state index contributed by atoms with van der Waals surface area (Å²) in [5.74, 6) is 0.840. The first-order chi connectivity index (χ1) is 12.3. The van der Waals surface area contributed by atoms with Crippen molar-refractivity contribution in [2.45, 2.75) is 57.6 Å². The van der Waals surface area contributed by atoms with E-state index in [4.69, 9.17) is 4.74 Å². The molecule has 0 radical (unpaired) electrons. The normalized spacial score (nSPS) is 17.4. The average molecular weight is 339 g/mol. The van der Waals surface area contributed by atoms with Gasteiger partial charge in [0.1, 0.15) is 12.4 Å². The highest BCUT2D eigenvalue weighted by Gasteiger charge is 2.17. The molecule has 0 bridgehead atoms. The minimum atomic E-state index is -0.394. The van der Waals surface area contributed by atoms with E-state index in [1.807, 2.05) is 24.3 Å². The summed E-state index contributed by atoms with van der Waals surface area (Å²) < 4.78 is 6.00. The van der Waals surface area contributed by atoms with Crippen LogP contribution in [0.1, 0.15) is 56.3 Å². The molecule has 0 spiro atoms. The molecule has 1 aliphatic heterocycles. The van der Waals surface area contributed by atoms with Crippen molar-refractivity contribution in [2.24, 2.45) is 0 Å². The molecule has 1 aliphatic rings. The summed E-state index contributed by atoms with van der Waals surface area (Å²) in [6, 6.07) is 16.7. The number of aliphatic hydroxyl groups excluding tert-OH is 1. The highest BCUT2D eigenvalue weighted by atomic mass is 16.5. The Morgan fingerprint density at radius 3 is 2.92 bits per heavy atom. The summed E-state index contributed by atoms with van der Waals surface area (Å²) in [5, 5.41) is 13.9. The molecule has 3 nitrogen and oxygen atoms in total. The lowest BCUT2D eigenvalue weighted by molar-refractivity contribution is 0.163.